The molecule has 0 amide bonds. The fraction of sp³-hybridized carbons (Fsp3) is 0.667. The molecule has 0 radical (unpaired) electrons. The van der Waals surface area contributed by atoms with Crippen molar-refractivity contribution in [1.29, 1.82) is 0 Å². The lowest BCUT2D eigenvalue weighted by Crippen LogP contribution is -2.26. The predicted octanol–water partition coefficient (Wildman–Crippen LogP) is 2.99. The average Bonchev–Trinajstić information content (AvgIpc) is 2.79. The van der Waals surface area contributed by atoms with E-state index in [0.717, 1.165) is 35.7 Å². The van der Waals surface area contributed by atoms with Crippen molar-refractivity contribution in [2.45, 2.75) is 39.8 Å². The number of anilines is 1. The summed E-state index contributed by atoms with van der Waals surface area (Å²) >= 11 is 1.71. The second-order valence-electron chi connectivity index (χ2n) is 6.33. The Balaban J connectivity index is 1.84. The van der Waals surface area contributed by atoms with Crippen molar-refractivity contribution >= 4 is 22.1 Å². The van der Waals surface area contributed by atoms with Gasteiger partial charge in [0.2, 0.25) is 0 Å². The van der Waals surface area contributed by atoms with Crippen LogP contribution in [-0.4, -0.2) is 29.0 Å². The largest absolute Gasteiger partial charge is 0.358 e. The van der Waals surface area contributed by atoms with Crippen molar-refractivity contribution < 1.29 is 0 Å². The fourth-order valence-electron chi connectivity index (χ4n) is 2.68. The molecule has 2 heterocycles. The summed E-state index contributed by atoms with van der Waals surface area (Å²) in [5.41, 5.74) is 1.28. The Morgan fingerprint density at radius 2 is 2.30 bits per heavy atom. The van der Waals surface area contributed by atoms with Crippen molar-refractivity contribution in [1.82, 2.24) is 14.7 Å². The Hall–Kier alpha value is -1.07. The molecule has 1 aliphatic rings. The van der Waals surface area contributed by atoms with Gasteiger partial charge in [0.05, 0.1) is 5.69 Å². The first-order valence-electron chi connectivity index (χ1n) is 7.45. The zero-order valence-electron chi connectivity index (χ0n) is 12.8. The monoisotopic (exact) mass is 292 g/mol. The Morgan fingerprint density at radius 1 is 1.55 bits per heavy atom. The number of thiazole rings is 1. The molecule has 5 heteroatoms. The van der Waals surface area contributed by atoms with Crippen LogP contribution >= 0.6 is 11.3 Å². The van der Waals surface area contributed by atoms with Crippen LogP contribution in [0.15, 0.2) is 11.6 Å². The van der Waals surface area contributed by atoms with Crippen LogP contribution < -0.4 is 10.2 Å². The van der Waals surface area contributed by atoms with Crippen LogP contribution in [0.3, 0.4) is 0 Å². The van der Waals surface area contributed by atoms with Crippen LogP contribution in [0.2, 0.25) is 0 Å². The van der Waals surface area contributed by atoms with Crippen LogP contribution in [0.4, 0.5) is 5.82 Å². The number of fused-ring (bicyclic) bond motifs is 1. The SMILES string of the molecule is CC(C)NCc1c(N(C)CC2CC2C)nc2sccn12. The summed E-state index contributed by atoms with van der Waals surface area (Å²) in [6, 6.07) is 0.487. The molecule has 0 bridgehead atoms. The zero-order valence-corrected chi connectivity index (χ0v) is 13.6. The van der Waals surface area contributed by atoms with Gasteiger partial charge in [-0.2, -0.15) is 0 Å². The van der Waals surface area contributed by atoms with Crippen LogP contribution in [0.25, 0.3) is 4.96 Å². The highest BCUT2D eigenvalue weighted by molar-refractivity contribution is 7.15. The summed E-state index contributed by atoms with van der Waals surface area (Å²) in [6.07, 6.45) is 3.49. The van der Waals surface area contributed by atoms with Gasteiger partial charge in [-0.15, -0.1) is 11.3 Å². The smallest absolute Gasteiger partial charge is 0.195 e. The normalized spacial score (nSPS) is 21.9. The Bertz CT molecular complexity index is 586. The topological polar surface area (TPSA) is 32.6 Å². The lowest BCUT2D eigenvalue weighted by molar-refractivity contribution is 0.578. The van der Waals surface area contributed by atoms with Gasteiger partial charge in [-0.3, -0.25) is 4.40 Å². The number of hydrogen-bond donors (Lipinski definition) is 1. The molecule has 1 fully saturated rings. The molecule has 110 valence electrons. The third-order valence-electron chi connectivity index (χ3n) is 4.16. The molecule has 2 atom stereocenters. The van der Waals surface area contributed by atoms with E-state index in [1.807, 2.05) is 0 Å². The summed E-state index contributed by atoms with van der Waals surface area (Å²) in [5.74, 6) is 2.88. The van der Waals surface area contributed by atoms with Crippen molar-refractivity contribution in [2.24, 2.45) is 11.8 Å². The quantitative estimate of drug-likeness (QED) is 0.888. The highest BCUT2D eigenvalue weighted by atomic mass is 32.1. The van der Waals surface area contributed by atoms with E-state index in [4.69, 9.17) is 4.98 Å². The molecule has 0 aliphatic heterocycles. The van der Waals surface area contributed by atoms with E-state index < -0.39 is 0 Å². The van der Waals surface area contributed by atoms with Gasteiger partial charge in [-0.25, -0.2) is 4.98 Å². The molecule has 2 aromatic heterocycles. The lowest BCUT2D eigenvalue weighted by Gasteiger charge is -2.19. The molecule has 20 heavy (non-hydrogen) atoms. The van der Waals surface area contributed by atoms with E-state index in [9.17, 15) is 0 Å². The lowest BCUT2D eigenvalue weighted by atomic mass is 10.3. The highest BCUT2D eigenvalue weighted by Crippen LogP contribution is 2.39. The molecular formula is C15H24N4S. The zero-order chi connectivity index (χ0) is 14.3. The van der Waals surface area contributed by atoms with Crippen LogP contribution in [0.1, 0.15) is 32.9 Å². The molecule has 3 rings (SSSR count). The van der Waals surface area contributed by atoms with E-state index in [0.29, 0.717) is 6.04 Å². The highest BCUT2D eigenvalue weighted by Gasteiger charge is 2.34. The minimum atomic E-state index is 0.487. The molecule has 0 saturated heterocycles. The summed E-state index contributed by atoms with van der Waals surface area (Å²) in [6.45, 7) is 8.70. The van der Waals surface area contributed by atoms with Crippen LogP contribution in [0.5, 0.6) is 0 Å². The fourth-order valence-corrected chi connectivity index (χ4v) is 3.41. The number of nitrogens with zero attached hydrogens (tertiary/aromatic N) is 3. The van der Waals surface area contributed by atoms with Gasteiger partial charge in [0.25, 0.3) is 0 Å². The average molecular weight is 292 g/mol. The first-order valence-corrected chi connectivity index (χ1v) is 8.33. The summed E-state index contributed by atoms with van der Waals surface area (Å²) in [7, 11) is 2.18. The standard InChI is InChI=1S/C15H24N4S/c1-10(2)16-8-13-14(17-15-19(13)5-6-20-15)18(4)9-12-7-11(12)3/h5-6,10-12,16H,7-9H2,1-4H3. The number of imidazole rings is 1. The van der Waals surface area contributed by atoms with E-state index in [1.165, 1.54) is 12.1 Å². The maximum atomic E-state index is 4.82. The maximum Gasteiger partial charge on any atom is 0.195 e. The van der Waals surface area contributed by atoms with Gasteiger partial charge in [0.15, 0.2) is 10.8 Å². The first-order chi connectivity index (χ1) is 9.56. The van der Waals surface area contributed by atoms with E-state index >= 15 is 0 Å². The molecule has 0 aromatic carbocycles. The van der Waals surface area contributed by atoms with Gasteiger partial charge in [-0.1, -0.05) is 20.8 Å². The number of hydrogen-bond acceptors (Lipinski definition) is 4. The van der Waals surface area contributed by atoms with Crippen LogP contribution in [-0.2, 0) is 6.54 Å². The Morgan fingerprint density at radius 3 is 2.95 bits per heavy atom. The van der Waals surface area contributed by atoms with Gasteiger partial charge < -0.3 is 10.2 Å². The summed E-state index contributed by atoms with van der Waals surface area (Å²) in [4.78, 5) is 8.26. The minimum Gasteiger partial charge on any atom is -0.358 e. The molecule has 1 aliphatic carbocycles. The molecule has 2 unspecified atom stereocenters. The van der Waals surface area contributed by atoms with Gasteiger partial charge in [0, 0.05) is 37.8 Å². The third-order valence-corrected chi connectivity index (χ3v) is 4.92. The second-order valence-corrected chi connectivity index (χ2v) is 7.20. The minimum absolute atomic E-state index is 0.487. The van der Waals surface area contributed by atoms with E-state index in [2.05, 4.69) is 54.0 Å². The summed E-state index contributed by atoms with van der Waals surface area (Å²) in [5, 5.41) is 5.63. The third kappa shape index (κ3) is 2.69. The maximum absolute atomic E-state index is 4.82. The first kappa shape index (κ1) is 13.9. The molecule has 4 nitrogen and oxygen atoms in total. The van der Waals surface area contributed by atoms with Crippen molar-refractivity contribution in [2.75, 3.05) is 18.5 Å². The second kappa shape index (κ2) is 5.37. The van der Waals surface area contributed by atoms with Crippen molar-refractivity contribution in [3.05, 3.63) is 17.3 Å². The van der Waals surface area contributed by atoms with Gasteiger partial charge in [0.1, 0.15) is 0 Å². The summed E-state index contributed by atoms with van der Waals surface area (Å²) < 4.78 is 2.22. The predicted molar refractivity (Wildman–Crippen MR) is 85.6 cm³/mol. The molecular weight excluding hydrogens is 268 g/mol. The number of nitrogens with one attached hydrogen (secondary N) is 1. The van der Waals surface area contributed by atoms with Crippen molar-refractivity contribution in [3.63, 3.8) is 0 Å². The molecule has 1 N–H and O–H groups in total. The number of rotatable bonds is 6. The van der Waals surface area contributed by atoms with Gasteiger partial charge in [-0.05, 0) is 18.3 Å². The molecule has 2 aromatic rings. The molecule has 1 saturated carbocycles. The Kier molecular flexibility index (Phi) is 3.73. The van der Waals surface area contributed by atoms with E-state index in [-0.39, 0.29) is 0 Å². The van der Waals surface area contributed by atoms with Crippen molar-refractivity contribution in [3.8, 4) is 0 Å². The van der Waals surface area contributed by atoms with Crippen LogP contribution in [0, 0.1) is 11.8 Å². The van der Waals surface area contributed by atoms with Gasteiger partial charge >= 0.3 is 0 Å². The number of aromatic nitrogens is 2. The van der Waals surface area contributed by atoms with E-state index in [1.54, 1.807) is 11.3 Å². The molecule has 0 spiro atoms. The Labute approximate surface area is 124 Å².